The van der Waals surface area contributed by atoms with E-state index in [-0.39, 0.29) is 5.91 Å². The number of hydrogen-bond donors (Lipinski definition) is 1. The topological polar surface area (TPSA) is 59.8 Å². The second-order valence-electron chi connectivity index (χ2n) is 4.39. The molecule has 2 aromatic heterocycles. The van der Waals surface area contributed by atoms with Crippen LogP contribution in [0.5, 0.6) is 0 Å². The van der Waals surface area contributed by atoms with Gasteiger partial charge >= 0.3 is 0 Å². The fourth-order valence-electron chi connectivity index (χ4n) is 1.89. The average molecular weight is 363 g/mol. The summed E-state index contributed by atoms with van der Waals surface area (Å²) in [6.07, 6.45) is 1.65. The van der Waals surface area contributed by atoms with Crippen molar-refractivity contribution in [2.24, 2.45) is 7.05 Å². The molecule has 0 bridgehead atoms. The summed E-state index contributed by atoms with van der Waals surface area (Å²) in [6.45, 7) is 0. The number of carbonyl (C=O) groups is 1. The summed E-state index contributed by atoms with van der Waals surface area (Å²) in [7, 11) is 1.89. The van der Waals surface area contributed by atoms with Crippen molar-refractivity contribution in [3.05, 3.63) is 51.4 Å². The van der Waals surface area contributed by atoms with Crippen LogP contribution in [0.15, 0.2) is 46.5 Å². The minimum atomic E-state index is -0.122. The Labute approximate surface area is 133 Å². The standard InChI is InChI=1S/C14H11BrN4OS/c1-19-8-16-18-13(19)9-2-4-10(5-3-9)17-14(20)12-11(15)6-7-21-12/h2-8H,1H3,(H,17,20). The molecule has 106 valence electrons. The third-order valence-corrected chi connectivity index (χ3v) is 4.77. The molecule has 0 unspecified atom stereocenters. The zero-order valence-corrected chi connectivity index (χ0v) is 13.5. The summed E-state index contributed by atoms with van der Waals surface area (Å²) < 4.78 is 2.65. The second-order valence-corrected chi connectivity index (χ2v) is 6.17. The highest BCUT2D eigenvalue weighted by molar-refractivity contribution is 9.10. The first kappa shape index (κ1) is 14.0. The molecule has 0 saturated carbocycles. The van der Waals surface area contributed by atoms with Gasteiger partial charge in [-0.1, -0.05) is 0 Å². The first-order valence-electron chi connectivity index (χ1n) is 6.14. The lowest BCUT2D eigenvalue weighted by Gasteiger charge is -2.06. The van der Waals surface area contributed by atoms with Crippen LogP contribution < -0.4 is 5.32 Å². The van der Waals surface area contributed by atoms with Crippen molar-refractivity contribution in [2.75, 3.05) is 5.32 Å². The number of aromatic nitrogens is 3. The van der Waals surface area contributed by atoms with Crippen LogP contribution in [-0.2, 0) is 7.05 Å². The lowest BCUT2D eigenvalue weighted by molar-refractivity contribution is 0.103. The third kappa shape index (κ3) is 2.88. The fraction of sp³-hybridized carbons (Fsp3) is 0.0714. The number of benzene rings is 1. The predicted molar refractivity (Wildman–Crippen MR) is 86.4 cm³/mol. The van der Waals surface area contributed by atoms with Gasteiger partial charge in [-0.3, -0.25) is 4.79 Å². The predicted octanol–water partition coefficient (Wildman–Crippen LogP) is 3.56. The van der Waals surface area contributed by atoms with Crippen LogP contribution >= 0.6 is 27.3 Å². The maximum Gasteiger partial charge on any atom is 0.266 e. The van der Waals surface area contributed by atoms with Gasteiger partial charge in [-0.05, 0) is 51.6 Å². The van der Waals surface area contributed by atoms with Crippen molar-refractivity contribution in [1.29, 1.82) is 0 Å². The normalized spacial score (nSPS) is 10.6. The van der Waals surface area contributed by atoms with Crippen molar-refractivity contribution in [1.82, 2.24) is 14.8 Å². The number of amides is 1. The Hall–Kier alpha value is -1.99. The van der Waals surface area contributed by atoms with E-state index in [0.29, 0.717) is 4.88 Å². The van der Waals surface area contributed by atoms with Crippen molar-refractivity contribution in [3.63, 3.8) is 0 Å². The van der Waals surface area contributed by atoms with Crippen molar-refractivity contribution < 1.29 is 4.79 Å². The minimum absolute atomic E-state index is 0.122. The van der Waals surface area contributed by atoms with Crippen molar-refractivity contribution in [2.45, 2.75) is 0 Å². The molecule has 3 aromatic rings. The Balaban J connectivity index is 1.78. The summed E-state index contributed by atoms with van der Waals surface area (Å²) in [5, 5.41) is 12.6. The monoisotopic (exact) mass is 362 g/mol. The fourth-order valence-corrected chi connectivity index (χ4v) is 3.34. The number of nitrogens with one attached hydrogen (secondary N) is 1. The van der Waals surface area contributed by atoms with E-state index in [1.165, 1.54) is 11.3 Å². The van der Waals surface area contributed by atoms with Crippen LogP contribution in [-0.4, -0.2) is 20.7 Å². The first-order valence-corrected chi connectivity index (χ1v) is 7.81. The number of anilines is 1. The van der Waals surface area contributed by atoms with Gasteiger partial charge in [0.25, 0.3) is 5.91 Å². The van der Waals surface area contributed by atoms with Gasteiger partial charge in [-0.2, -0.15) is 0 Å². The van der Waals surface area contributed by atoms with E-state index in [1.54, 1.807) is 6.33 Å². The van der Waals surface area contributed by atoms with Crippen LogP contribution in [0.4, 0.5) is 5.69 Å². The smallest absolute Gasteiger partial charge is 0.266 e. The molecule has 3 rings (SSSR count). The van der Waals surface area contributed by atoms with E-state index in [4.69, 9.17) is 0 Å². The molecule has 1 amide bonds. The third-order valence-electron chi connectivity index (χ3n) is 2.94. The Bertz CT molecular complexity index is 778. The molecule has 0 radical (unpaired) electrons. The molecule has 1 aromatic carbocycles. The van der Waals surface area contributed by atoms with E-state index in [0.717, 1.165) is 21.5 Å². The number of rotatable bonds is 3. The van der Waals surface area contributed by atoms with Crippen molar-refractivity contribution in [3.8, 4) is 11.4 Å². The molecule has 0 aliphatic carbocycles. The molecule has 5 nitrogen and oxygen atoms in total. The SMILES string of the molecule is Cn1cnnc1-c1ccc(NC(=O)c2sccc2Br)cc1. The molecule has 0 aliphatic rings. The van der Waals surface area contributed by atoms with Gasteiger partial charge in [0.15, 0.2) is 5.82 Å². The average Bonchev–Trinajstić information content (AvgIpc) is 3.08. The van der Waals surface area contributed by atoms with Crippen LogP contribution in [0, 0.1) is 0 Å². The van der Waals surface area contributed by atoms with Gasteiger partial charge in [-0.15, -0.1) is 21.5 Å². The summed E-state index contributed by atoms with van der Waals surface area (Å²) in [6, 6.07) is 9.37. The second kappa shape index (κ2) is 5.79. The Morgan fingerprint density at radius 1 is 1.29 bits per heavy atom. The van der Waals surface area contributed by atoms with Gasteiger partial charge in [0.05, 0.1) is 0 Å². The molecule has 0 atom stereocenters. The summed E-state index contributed by atoms with van der Waals surface area (Å²) in [5.41, 5.74) is 1.69. The van der Waals surface area contributed by atoms with Crippen LogP contribution in [0.2, 0.25) is 0 Å². The maximum atomic E-state index is 12.1. The lowest BCUT2D eigenvalue weighted by atomic mass is 10.2. The lowest BCUT2D eigenvalue weighted by Crippen LogP contribution is -2.10. The molecule has 0 fully saturated rings. The number of hydrogen-bond acceptors (Lipinski definition) is 4. The van der Waals surface area contributed by atoms with Crippen LogP contribution in [0.3, 0.4) is 0 Å². The molecule has 21 heavy (non-hydrogen) atoms. The Kier molecular flexibility index (Phi) is 3.85. The molecule has 0 aliphatic heterocycles. The highest BCUT2D eigenvalue weighted by Crippen LogP contribution is 2.24. The number of nitrogens with zero attached hydrogens (tertiary/aromatic N) is 3. The highest BCUT2D eigenvalue weighted by Gasteiger charge is 2.12. The largest absolute Gasteiger partial charge is 0.321 e. The molecule has 1 N–H and O–H groups in total. The Morgan fingerprint density at radius 3 is 2.62 bits per heavy atom. The summed E-state index contributed by atoms with van der Waals surface area (Å²) in [4.78, 5) is 12.8. The molecule has 7 heteroatoms. The number of thiophene rings is 1. The first-order chi connectivity index (χ1) is 10.1. The zero-order valence-electron chi connectivity index (χ0n) is 11.1. The zero-order chi connectivity index (χ0) is 14.8. The summed E-state index contributed by atoms with van der Waals surface area (Å²) >= 11 is 4.76. The van der Waals surface area contributed by atoms with Gasteiger partial charge in [-0.25, -0.2) is 0 Å². The van der Waals surface area contributed by atoms with Crippen LogP contribution in [0.25, 0.3) is 11.4 Å². The van der Waals surface area contributed by atoms with E-state index >= 15 is 0 Å². The van der Waals surface area contributed by atoms with Gasteiger partial charge in [0.2, 0.25) is 0 Å². The number of aryl methyl sites for hydroxylation is 1. The van der Waals surface area contributed by atoms with Gasteiger partial charge in [0, 0.05) is 22.8 Å². The number of halogens is 1. The molecule has 0 spiro atoms. The summed E-state index contributed by atoms with van der Waals surface area (Å²) in [5.74, 6) is 0.664. The Morgan fingerprint density at radius 2 is 2.05 bits per heavy atom. The molecular weight excluding hydrogens is 352 g/mol. The van der Waals surface area contributed by atoms with Crippen LogP contribution in [0.1, 0.15) is 9.67 Å². The van der Waals surface area contributed by atoms with E-state index in [2.05, 4.69) is 31.4 Å². The highest BCUT2D eigenvalue weighted by atomic mass is 79.9. The van der Waals surface area contributed by atoms with Gasteiger partial charge < -0.3 is 9.88 Å². The molecule has 2 heterocycles. The maximum absolute atomic E-state index is 12.1. The van der Waals surface area contributed by atoms with E-state index < -0.39 is 0 Å². The molecular formula is C14H11BrN4OS. The number of carbonyl (C=O) groups excluding carboxylic acids is 1. The van der Waals surface area contributed by atoms with Gasteiger partial charge in [0.1, 0.15) is 11.2 Å². The van der Waals surface area contributed by atoms with E-state index in [1.807, 2.05) is 47.3 Å². The van der Waals surface area contributed by atoms with E-state index in [9.17, 15) is 4.79 Å². The minimum Gasteiger partial charge on any atom is -0.321 e. The van der Waals surface area contributed by atoms with Crippen molar-refractivity contribution >= 4 is 38.9 Å². The quantitative estimate of drug-likeness (QED) is 0.774. The molecule has 0 saturated heterocycles.